The van der Waals surface area contributed by atoms with Crippen molar-refractivity contribution in [2.24, 2.45) is 0 Å². The van der Waals surface area contributed by atoms with Gasteiger partial charge >= 0.3 is 11.9 Å². The van der Waals surface area contributed by atoms with Gasteiger partial charge in [-0.2, -0.15) is 20.5 Å². The van der Waals surface area contributed by atoms with E-state index in [4.69, 9.17) is 42.1 Å². The fraction of sp³-hybridized carbons (Fsp3) is 0.250. The number of aromatic nitrogens is 4. The summed E-state index contributed by atoms with van der Waals surface area (Å²) in [6.45, 7) is 1.01. The molecule has 0 unspecified atom stereocenters. The predicted molar refractivity (Wildman–Crippen MR) is 261 cm³/mol. The molecule has 4 heterocycles. The lowest BCUT2D eigenvalue weighted by atomic mass is 10.0. The fourth-order valence-corrected chi connectivity index (χ4v) is 7.85. The van der Waals surface area contributed by atoms with Gasteiger partial charge in [0.05, 0.1) is 43.3 Å². The average molecular weight is 1120 g/mol. The Balaban J connectivity index is 1.22. The third-order valence-corrected chi connectivity index (χ3v) is 12.7. The number of halogens is 4. The fourth-order valence-electron chi connectivity index (χ4n) is 6.32. The number of aliphatic carboxylic acids is 2. The van der Waals surface area contributed by atoms with E-state index in [0.717, 1.165) is 0 Å². The van der Waals surface area contributed by atoms with Crippen LogP contribution in [0, 0.1) is 22.7 Å². The van der Waals surface area contributed by atoms with Gasteiger partial charge in [-0.1, -0.05) is 59.6 Å². The zero-order chi connectivity index (χ0) is 50.6. The minimum absolute atomic E-state index is 0.0356. The molecule has 0 bridgehead atoms. The summed E-state index contributed by atoms with van der Waals surface area (Å²) in [5.74, 6) is -2.10. The van der Waals surface area contributed by atoms with Crippen molar-refractivity contribution < 1.29 is 49.0 Å². The Kier molecular flexibility index (Phi) is 18.1. The van der Waals surface area contributed by atoms with E-state index in [1.54, 1.807) is 60.7 Å². The maximum absolute atomic E-state index is 11.9. The van der Waals surface area contributed by atoms with Crippen LogP contribution in [0.3, 0.4) is 0 Å². The van der Waals surface area contributed by atoms with E-state index in [0.29, 0.717) is 74.6 Å². The molecule has 4 aromatic heterocycles. The number of carbonyl (C=O) groups is 2. The molecule has 0 saturated heterocycles. The molecule has 0 amide bonds. The molecule has 0 aliphatic carbocycles. The molecule has 0 radical (unpaired) electrons. The maximum Gasteiger partial charge on any atom is 0.326 e. The number of nitriles is 2. The monoisotopic (exact) mass is 1120 g/mol. The molecule has 18 nitrogen and oxygen atoms in total. The molecule has 0 saturated carbocycles. The number of aliphatic hydroxyl groups is 2. The number of hydrogen-bond donors (Lipinski definition) is 6. The van der Waals surface area contributed by atoms with Crippen LogP contribution in [0.4, 0.5) is 0 Å². The van der Waals surface area contributed by atoms with Gasteiger partial charge in [0.1, 0.15) is 49.6 Å². The van der Waals surface area contributed by atoms with Gasteiger partial charge in [-0.15, -0.1) is 0 Å². The van der Waals surface area contributed by atoms with Gasteiger partial charge in [0.15, 0.2) is 0 Å². The van der Waals surface area contributed by atoms with Crippen LogP contribution in [0.25, 0.3) is 11.1 Å². The van der Waals surface area contributed by atoms with E-state index in [1.165, 1.54) is 38.6 Å². The number of pyridine rings is 4. The van der Waals surface area contributed by atoms with E-state index in [9.17, 15) is 40.5 Å². The van der Waals surface area contributed by atoms with E-state index < -0.39 is 36.2 Å². The number of aliphatic hydroxyl groups excluding tert-OH is 2. The highest BCUT2D eigenvalue weighted by Gasteiger charge is 2.33. The molecule has 0 spiro atoms. The Morgan fingerprint density at radius 1 is 0.614 bits per heavy atom. The number of hydrogen-bond acceptors (Lipinski definition) is 16. The van der Waals surface area contributed by atoms with Crippen LogP contribution in [-0.4, -0.2) is 76.6 Å². The summed E-state index contributed by atoms with van der Waals surface area (Å²) in [6.07, 6.45) is 5.91. The minimum Gasteiger partial charge on any atom is -0.480 e. The van der Waals surface area contributed by atoms with Gasteiger partial charge in [0.2, 0.25) is 23.5 Å². The number of nitrogens with one attached hydrogen (secondary N) is 2. The molecule has 0 aliphatic rings. The first-order valence-electron chi connectivity index (χ1n) is 20.8. The van der Waals surface area contributed by atoms with Crippen LogP contribution in [0.2, 0.25) is 10.0 Å². The van der Waals surface area contributed by atoms with Crippen molar-refractivity contribution in [2.45, 2.75) is 64.4 Å². The summed E-state index contributed by atoms with van der Waals surface area (Å²) in [6, 6.07) is 21.3. The van der Waals surface area contributed by atoms with Crippen molar-refractivity contribution in [3.63, 3.8) is 0 Å². The van der Waals surface area contributed by atoms with Crippen LogP contribution in [-0.2, 0) is 49.1 Å². The van der Waals surface area contributed by atoms with Gasteiger partial charge in [0.25, 0.3) is 0 Å². The first-order valence-corrected chi connectivity index (χ1v) is 23.2. The van der Waals surface area contributed by atoms with Crippen LogP contribution >= 0.6 is 55.1 Å². The molecule has 2 atom stereocenters. The Morgan fingerprint density at radius 3 is 1.36 bits per heavy atom. The Hall–Kier alpha value is -6.46. The summed E-state index contributed by atoms with van der Waals surface area (Å²) >= 11 is 21.1. The smallest absolute Gasteiger partial charge is 0.326 e. The summed E-state index contributed by atoms with van der Waals surface area (Å²) in [4.78, 5) is 41.2. The number of rotatable bonds is 23. The van der Waals surface area contributed by atoms with Gasteiger partial charge in [-0.05, 0) is 70.0 Å². The van der Waals surface area contributed by atoms with E-state index >= 15 is 0 Å². The highest BCUT2D eigenvalue weighted by atomic mass is 79.9. The van der Waals surface area contributed by atoms with Gasteiger partial charge in [0, 0.05) is 82.4 Å². The molecule has 2 aromatic carbocycles. The standard InChI is InChI=1S/C48H42Br2Cl2N8O10/c1-47(25-61,45(63)64)57-19-33-11-37(49)43(59-41(33)67-21-29-9-27(13-53)15-55-17-29)69-23-31-5-3-7-35(39(31)51)36-8-4-6-32(40(36)52)24-70-44-38(50)12-34(20-58-48(2,26-62)46(65)66)42(60-44)68-22-30-10-28(14-54)16-56-18-30/h3-12,15-18,57-58,61-62H,19-26H2,1-2H3,(H,63,64)(H,65,66)/t47-,48-/m1/s1. The first kappa shape index (κ1) is 52.9. The minimum atomic E-state index is -1.66. The zero-order valence-corrected chi connectivity index (χ0v) is 41.9. The number of carboxylic acid groups (broad SMARTS) is 2. The van der Waals surface area contributed by atoms with Gasteiger partial charge in [-0.25, -0.2) is 0 Å². The summed E-state index contributed by atoms with van der Waals surface area (Å²) in [5.41, 5.74) is 1.70. The molecular formula is C48H42Br2Cl2N8O10. The second kappa shape index (κ2) is 23.9. The van der Waals surface area contributed by atoms with Crippen LogP contribution in [0.15, 0.2) is 94.4 Å². The SMILES string of the molecule is C[C@](CO)(NCc1cc(Br)c(OCc2cccc(-c3cccc(COc4nc(OCc5cncc(C#N)c5)c(CN[C@](C)(CO)C(=O)O)cc4Br)c3Cl)c2Cl)nc1OCc1cncc(C#N)c1)C(=O)O. The molecular weight excluding hydrogens is 1080 g/mol. The van der Waals surface area contributed by atoms with E-state index in [2.05, 4.69) is 62.4 Å². The molecule has 0 aliphatic heterocycles. The summed E-state index contributed by atoms with van der Waals surface area (Å²) < 4.78 is 25.3. The van der Waals surface area contributed by atoms with E-state index in [-0.39, 0.29) is 63.0 Å². The second-order valence-corrected chi connectivity index (χ2v) is 18.3. The molecule has 6 N–H and O–H groups in total. The van der Waals surface area contributed by atoms with Crippen molar-refractivity contribution in [1.82, 2.24) is 30.6 Å². The highest BCUT2D eigenvalue weighted by Crippen LogP contribution is 2.39. The lowest BCUT2D eigenvalue weighted by Gasteiger charge is -2.24. The van der Waals surface area contributed by atoms with Crippen molar-refractivity contribution in [3.05, 3.63) is 149 Å². The highest BCUT2D eigenvalue weighted by molar-refractivity contribution is 9.10. The number of benzene rings is 2. The van der Waals surface area contributed by atoms with Crippen LogP contribution in [0.5, 0.6) is 23.5 Å². The first-order chi connectivity index (χ1) is 33.5. The van der Waals surface area contributed by atoms with Crippen molar-refractivity contribution in [1.29, 1.82) is 10.5 Å². The lowest BCUT2D eigenvalue weighted by molar-refractivity contribution is -0.146. The zero-order valence-electron chi connectivity index (χ0n) is 37.2. The Labute approximate surface area is 428 Å². The Bertz CT molecular complexity index is 2800. The van der Waals surface area contributed by atoms with Gasteiger partial charge in [-0.3, -0.25) is 30.2 Å². The number of carboxylic acids is 2. The second-order valence-electron chi connectivity index (χ2n) is 15.9. The van der Waals surface area contributed by atoms with Crippen LogP contribution < -0.4 is 29.6 Å². The van der Waals surface area contributed by atoms with Crippen molar-refractivity contribution >= 4 is 67.0 Å². The Morgan fingerprint density at radius 2 is 1.00 bits per heavy atom. The number of ether oxygens (including phenoxy) is 4. The third-order valence-electron chi connectivity index (χ3n) is 10.7. The maximum atomic E-state index is 11.9. The lowest BCUT2D eigenvalue weighted by Crippen LogP contribution is -2.52. The molecule has 0 fully saturated rings. The summed E-state index contributed by atoms with van der Waals surface area (Å²) in [5, 5.41) is 64.1. The normalized spacial score (nSPS) is 12.7. The third kappa shape index (κ3) is 13.0. The van der Waals surface area contributed by atoms with E-state index in [1.807, 2.05) is 12.1 Å². The predicted octanol–water partition coefficient (Wildman–Crippen LogP) is 7.68. The largest absolute Gasteiger partial charge is 0.480 e. The van der Waals surface area contributed by atoms with Crippen LogP contribution in [0.1, 0.15) is 58.4 Å². The van der Waals surface area contributed by atoms with Crippen molar-refractivity contribution in [2.75, 3.05) is 13.2 Å². The molecule has 70 heavy (non-hydrogen) atoms. The topological polar surface area (TPSA) is 275 Å². The number of nitrogens with zero attached hydrogens (tertiary/aromatic N) is 6. The molecule has 362 valence electrons. The molecule has 22 heteroatoms. The molecule has 6 aromatic rings. The average Bonchev–Trinajstić information content (AvgIpc) is 3.36. The van der Waals surface area contributed by atoms with Crippen molar-refractivity contribution in [3.8, 4) is 46.8 Å². The van der Waals surface area contributed by atoms with Gasteiger partial charge < -0.3 is 39.4 Å². The molecule has 6 rings (SSSR count). The quantitative estimate of drug-likeness (QED) is 0.0359. The summed E-state index contributed by atoms with van der Waals surface area (Å²) in [7, 11) is 0.